The lowest BCUT2D eigenvalue weighted by molar-refractivity contribution is -0.127. The Balaban J connectivity index is 4.74. The maximum atomic E-state index is 12.0. The van der Waals surface area contributed by atoms with E-state index < -0.39 is 0 Å². The third-order valence-corrected chi connectivity index (χ3v) is 2.41. The minimum atomic E-state index is -0.378. The first-order chi connectivity index (χ1) is 7.59. The number of carbonyl (C=O) groups is 1. The summed E-state index contributed by atoms with van der Waals surface area (Å²) in [6.45, 7) is 14.9. The first-order valence-corrected chi connectivity index (χ1v) is 6.45. The number of amidine groups is 1. The van der Waals surface area contributed by atoms with E-state index >= 15 is 0 Å². The largest absolute Gasteiger partial charge is 0.314 e. The molecule has 0 spiro atoms. The summed E-state index contributed by atoms with van der Waals surface area (Å²) in [5, 5.41) is 2.97. The Labute approximate surface area is 106 Å². The fraction of sp³-hybridized carbons (Fsp3) is 0.857. The molecular formula is C14H28N2O. The molecule has 0 saturated carbocycles. The van der Waals surface area contributed by atoms with Gasteiger partial charge in [-0.25, -0.2) is 0 Å². The smallest absolute Gasteiger partial charge is 0.230 e. The second-order valence-electron chi connectivity index (χ2n) is 6.54. The molecule has 0 aromatic carbocycles. The average molecular weight is 240 g/mol. The van der Waals surface area contributed by atoms with Crippen molar-refractivity contribution < 1.29 is 4.79 Å². The van der Waals surface area contributed by atoms with Crippen LogP contribution in [0.5, 0.6) is 0 Å². The molecule has 17 heavy (non-hydrogen) atoms. The fourth-order valence-electron chi connectivity index (χ4n) is 1.11. The number of nitrogens with zero attached hydrogens (tertiary/aromatic N) is 1. The summed E-state index contributed by atoms with van der Waals surface area (Å²) in [6.07, 6.45) is 2.18. The highest BCUT2D eigenvalue weighted by Crippen LogP contribution is 2.18. The Morgan fingerprint density at radius 2 is 1.59 bits per heavy atom. The van der Waals surface area contributed by atoms with Crippen molar-refractivity contribution in [1.29, 1.82) is 0 Å². The van der Waals surface area contributed by atoms with Crippen LogP contribution in [0.15, 0.2) is 4.99 Å². The van der Waals surface area contributed by atoms with Gasteiger partial charge in [0.05, 0.1) is 0 Å². The standard InChI is InChI=1S/C14H28N2O/c1-8-9-10-15-11(13(2,3)4)16-12(17)14(5,6)7/h8-10H2,1-7H3,(H,15,16,17). The zero-order valence-corrected chi connectivity index (χ0v) is 12.5. The highest BCUT2D eigenvalue weighted by molar-refractivity contribution is 6.02. The van der Waals surface area contributed by atoms with Gasteiger partial charge in [-0.1, -0.05) is 54.9 Å². The number of hydrogen-bond acceptors (Lipinski definition) is 2. The molecule has 0 aromatic heterocycles. The summed E-state index contributed by atoms with van der Waals surface area (Å²) in [4.78, 5) is 16.5. The van der Waals surface area contributed by atoms with Gasteiger partial charge in [0, 0.05) is 17.4 Å². The van der Waals surface area contributed by atoms with Gasteiger partial charge in [0.2, 0.25) is 5.91 Å². The Morgan fingerprint density at radius 1 is 1.06 bits per heavy atom. The van der Waals surface area contributed by atoms with Crippen LogP contribution in [0.1, 0.15) is 61.3 Å². The molecule has 3 heteroatoms. The number of hydrogen-bond donors (Lipinski definition) is 1. The fourth-order valence-corrected chi connectivity index (χ4v) is 1.11. The molecule has 0 heterocycles. The molecule has 1 amide bonds. The van der Waals surface area contributed by atoms with E-state index in [1.54, 1.807) is 0 Å². The van der Waals surface area contributed by atoms with E-state index in [0.717, 1.165) is 25.2 Å². The number of amides is 1. The van der Waals surface area contributed by atoms with Crippen molar-refractivity contribution in [3.8, 4) is 0 Å². The van der Waals surface area contributed by atoms with Crippen LogP contribution < -0.4 is 5.32 Å². The van der Waals surface area contributed by atoms with E-state index in [1.165, 1.54) is 0 Å². The Morgan fingerprint density at radius 3 is 1.94 bits per heavy atom. The van der Waals surface area contributed by atoms with Crippen LogP contribution in [0, 0.1) is 10.8 Å². The van der Waals surface area contributed by atoms with Gasteiger partial charge in [-0.2, -0.15) is 0 Å². The van der Waals surface area contributed by atoms with Crippen LogP contribution in [0.4, 0.5) is 0 Å². The number of nitrogens with one attached hydrogen (secondary N) is 1. The van der Waals surface area contributed by atoms with Crippen LogP contribution in [0.2, 0.25) is 0 Å². The molecule has 0 rings (SSSR count). The van der Waals surface area contributed by atoms with Crippen molar-refractivity contribution >= 4 is 11.7 Å². The van der Waals surface area contributed by atoms with Gasteiger partial charge >= 0.3 is 0 Å². The van der Waals surface area contributed by atoms with Crippen LogP contribution in [-0.4, -0.2) is 18.3 Å². The van der Waals surface area contributed by atoms with E-state index in [1.807, 2.05) is 20.8 Å². The molecule has 1 N–H and O–H groups in total. The lowest BCUT2D eigenvalue weighted by Crippen LogP contribution is -2.44. The van der Waals surface area contributed by atoms with Crippen LogP contribution >= 0.6 is 0 Å². The highest BCUT2D eigenvalue weighted by atomic mass is 16.2. The molecule has 100 valence electrons. The van der Waals surface area contributed by atoms with Crippen LogP contribution in [0.25, 0.3) is 0 Å². The topological polar surface area (TPSA) is 41.5 Å². The van der Waals surface area contributed by atoms with Crippen molar-refractivity contribution in [2.45, 2.75) is 61.3 Å². The lowest BCUT2D eigenvalue weighted by atomic mass is 9.91. The number of carbonyl (C=O) groups excluding carboxylic acids is 1. The van der Waals surface area contributed by atoms with Crippen LogP contribution in [0.3, 0.4) is 0 Å². The molecule has 0 aliphatic rings. The quantitative estimate of drug-likeness (QED) is 0.458. The molecular weight excluding hydrogens is 212 g/mol. The zero-order chi connectivity index (χ0) is 13.7. The van der Waals surface area contributed by atoms with E-state index in [9.17, 15) is 4.79 Å². The summed E-state index contributed by atoms with van der Waals surface area (Å²) in [7, 11) is 0. The first kappa shape index (κ1) is 16.1. The predicted molar refractivity (Wildman–Crippen MR) is 74.3 cm³/mol. The van der Waals surface area contributed by atoms with Gasteiger partial charge < -0.3 is 5.32 Å². The molecule has 0 saturated heterocycles. The molecule has 0 aliphatic heterocycles. The number of unbranched alkanes of at least 4 members (excludes halogenated alkanes) is 1. The molecule has 0 unspecified atom stereocenters. The molecule has 0 fully saturated rings. The van der Waals surface area contributed by atoms with E-state index in [4.69, 9.17) is 0 Å². The van der Waals surface area contributed by atoms with E-state index in [2.05, 4.69) is 38.0 Å². The van der Waals surface area contributed by atoms with Crippen molar-refractivity contribution in [3.05, 3.63) is 0 Å². The predicted octanol–water partition coefficient (Wildman–Crippen LogP) is 3.39. The van der Waals surface area contributed by atoms with Crippen LogP contribution in [-0.2, 0) is 4.79 Å². The van der Waals surface area contributed by atoms with Crippen molar-refractivity contribution in [1.82, 2.24) is 5.32 Å². The van der Waals surface area contributed by atoms with Crippen molar-refractivity contribution in [2.24, 2.45) is 15.8 Å². The van der Waals surface area contributed by atoms with Crippen molar-refractivity contribution in [3.63, 3.8) is 0 Å². The van der Waals surface area contributed by atoms with Gasteiger partial charge in [0.25, 0.3) is 0 Å². The molecule has 0 bridgehead atoms. The minimum absolute atomic E-state index is 0.0303. The Bertz CT molecular complexity index is 280. The van der Waals surface area contributed by atoms with Gasteiger partial charge in [-0.05, 0) is 6.42 Å². The van der Waals surface area contributed by atoms with Gasteiger partial charge in [-0.3, -0.25) is 9.79 Å². The normalized spacial score (nSPS) is 13.7. The van der Waals surface area contributed by atoms with Crippen molar-refractivity contribution in [2.75, 3.05) is 6.54 Å². The maximum Gasteiger partial charge on any atom is 0.230 e. The highest BCUT2D eigenvalue weighted by Gasteiger charge is 2.27. The van der Waals surface area contributed by atoms with Gasteiger partial charge in [0.1, 0.15) is 5.84 Å². The minimum Gasteiger partial charge on any atom is -0.314 e. The molecule has 0 aromatic rings. The summed E-state index contributed by atoms with van der Waals surface area (Å²) < 4.78 is 0. The third kappa shape index (κ3) is 6.44. The monoisotopic (exact) mass is 240 g/mol. The molecule has 0 radical (unpaired) electrons. The summed E-state index contributed by atoms with van der Waals surface area (Å²) in [5.74, 6) is 0.827. The average Bonchev–Trinajstić information content (AvgIpc) is 2.13. The zero-order valence-electron chi connectivity index (χ0n) is 12.5. The summed E-state index contributed by atoms with van der Waals surface area (Å²) in [6, 6.07) is 0. The Hall–Kier alpha value is -0.860. The third-order valence-electron chi connectivity index (χ3n) is 2.41. The molecule has 0 aliphatic carbocycles. The van der Waals surface area contributed by atoms with E-state index in [-0.39, 0.29) is 16.7 Å². The lowest BCUT2D eigenvalue weighted by Gasteiger charge is -2.26. The number of rotatable bonds is 3. The Kier molecular flexibility index (Phi) is 5.86. The molecule has 3 nitrogen and oxygen atoms in total. The second kappa shape index (κ2) is 6.18. The van der Waals surface area contributed by atoms with Gasteiger partial charge in [-0.15, -0.1) is 0 Å². The number of aliphatic imine (C=N–C) groups is 1. The maximum absolute atomic E-state index is 12.0. The first-order valence-electron chi connectivity index (χ1n) is 6.45. The SMILES string of the molecule is CCCCN=C(NC(=O)C(C)(C)C)C(C)(C)C. The second-order valence-corrected chi connectivity index (χ2v) is 6.54. The summed E-state index contributed by atoms with van der Waals surface area (Å²) >= 11 is 0. The van der Waals surface area contributed by atoms with Gasteiger partial charge in [0.15, 0.2) is 0 Å². The van der Waals surface area contributed by atoms with E-state index in [0.29, 0.717) is 0 Å². The summed E-state index contributed by atoms with van der Waals surface area (Å²) in [5.41, 5.74) is -0.495. The molecule has 0 atom stereocenters.